The molecule has 0 saturated carbocycles. The minimum absolute atomic E-state index is 0.0501. The van der Waals surface area contributed by atoms with Crippen LogP contribution in [0.25, 0.3) is 10.2 Å². The van der Waals surface area contributed by atoms with Gasteiger partial charge in [0, 0.05) is 19.2 Å². The molecule has 7 heteroatoms. The Kier molecular flexibility index (Phi) is 4.86. The van der Waals surface area contributed by atoms with Crippen molar-refractivity contribution in [2.24, 2.45) is 7.05 Å². The fraction of sp³-hybridized carbons (Fsp3) is 0.368. The average molecular weight is 391 g/mol. The molecule has 0 bridgehead atoms. The molecule has 1 aliphatic heterocycles. The summed E-state index contributed by atoms with van der Waals surface area (Å²) >= 11 is 3.19. The van der Waals surface area contributed by atoms with Gasteiger partial charge in [0.1, 0.15) is 17.2 Å². The van der Waals surface area contributed by atoms with Crippen molar-refractivity contribution in [2.45, 2.75) is 30.8 Å². The largest absolute Gasteiger partial charge is 0.330 e. The summed E-state index contributed by atoms with van der Waals surface area (Å²) in [5.41, 5.74) is 2.28. The molecule has 0 saturated heterocycles. The molecule has 1 aromatic carbocycles. The van der Waals surface area contributed by atoms with Crippen LogP contribution in [0, 0.1) is 5.82 Å². The zero-order chi connectivity index (χ0) is 18.3. The van der Waals surface area contributed by atoms with E-state index >= 15 is 0 Å². The number of quaternary nitrogens is 1. The second kappa shape index (κ2) is 7.13. The maximum Gasteiger partial charge on any atom is 0.262 e. The van der Waals surface area contributed by atoms with E-state index in [4.69, 9.17) is 4.98 Å². The molecule has 2 aromatic heterocycles. The van der Waals surface area contributed by atoms with Gasteiger partial charge in [-0.2, -0.15) is 0 Å². The number of halogens is 1. The lowest BCUT2D eigenvalue weighted by molar-refractivity contribution is -0.913. The predicted octanol–water partition coefficient (Wildman–Crippen LogP) is 2.39. The van der Waals surface area contributed by atoms with Gasteiger partial charge in [-0.3, -0.25) is 9.36 Å². The van der Waals surface area contributed by atoms with Crippen LogP contribution in [0.4, 0.5) is 4.39 Å². The molecule has 1 atom stereocenters. The molecule has 4 nitrogen and oxygen atoms in total. The quantitative estimate of drug-likeness (QED) is 0.549. The van der Waals surface area contributed by atoms with Crippen molar-refractivity contribution in [1.29, 1.82) is 0 Å². The topological polar surface area (TPSA) is 39.3 Å². The Labute approximate surface area is 159 Å². The van der Waals surface area contributed by atoms with E-state index in [0.717, 1.165) is 41.8 Å². The van der Waals surface area contributed by atoms with Crippen LogP contribution >= 0.6 is 23.1 Å². The Hall–Kier alpha value is -1.70. The minimum atomic E-state index is -0.238. The van der Waals surface area contributed by atoms with Crippen molar-refractivity contribution >= 4 is 33.3 Å². The molecular formula is C19H21FN3OS2+. The Balaban J connectivity index is 1.67. The monoisotopic (exact) mass is 390 g/mol. The van der Waals surface area contributed by atoms with E-state index in [1.807, 2.05) is 0 Å². The molecule has 0 fully saturated rings. The fourth-order valence-corrected chi connectivity index (χ4v) is 5.66. The standard InChI is InChI=1S/C19H20FN3OS2/c1-3-23-9-8-14-15(10-23)26-17-16(14)18(24)22(2)19(21-17)25-11-12-4-6-13(20)7-5-12/h4-7H,3,8-11H2,1-2H3/p+1. The van der Waals surface area contributed by atoms with Gasteiger partial charge in [0.25, 0.3) is 5.56 Å². The van der Waals surface area contributed by atoms with Gasteiger partial charge in [-0.25, -0.2) is 9.37 Å². The van der Waals surface area contributed by atoms with Crippen LogP contribution in [0.15, 0.2) is 34.2 Å². The smallest absolute Gasteiger partial charge is 0.262 e. The van der Waals surface area contributed by atoms with Gasteiger partial charge in [-0.15, -0.1) is 11.3 Å². The van der Waals surface area contributed by atoms with Crippen molar-refractivity contribution in [2.75, 3.05) is 13.1 Å². The van der Waals surface area contributed by atoms with Crippen LogP contribution in [0.1, 0.15) is 22.9 Å². The van der Waals surface area contributed by atoms with E-state index in [1.165, 1.54) is 34.3 Å². The summed E-state index contributed by atoms with van der Waals surface area (Å²) in [6, 6.07) is 6.46. The Bertz CT molecular complexity index is 1010. The highest BCUT2D eigenvalue weighted by atomic mass is 32.2. The average Bonchev–Trinajstić information content (AvgIpc) is 3.02. The Morgan fingerprint density at radius 1 is 1.35 bits per heavy atom. The van der Waals surface area contributed by atoms with E-state index < -0.39 is 0 Å². The molecule has 3 aromatic rings. The van der Waals surface area contributed by atoms with Crippen LogP contribution in [0.2, 0.25) is 0 Å². The molecule has 3 heterocycles. The van der Waals surface area contributed by atoms with E-state index in [-0.39, 0.29) is 11.4 Å². The van der Waals surface area contributed by atoms with Crippen LogP contribution in [0.5, 0.6) is 0 Å². The third kappa shape index (κ3) is 3.19. The minimum Gasteiger partial charge on any atom is -0.330 e. The number of aromatic nitrogens is 2. The van der Waals surface area contributed by atoms with Gasteiger partial charge in [-0.05, 0) is 30.2 Å². The summed E-state index contributed by atoms with van der Waals surface area (Å²) in [6.07, 6.45) is 0.956. The zero-order valence-electron chi connectivity index (χ0n) is 14.8. The highest BCUT2D eigenvalue weighted by Gasteiger charge is 2.26. The number of hydrogen-bond donors (Lipinski definition) is 1. The van der Waals surface area contributed by atoms with Gasteiger partial charge < -0.3 is 4.90 Å². The summed E-state index contributed by atoms with van der Waals surface area (Å²) in [6.45, 7) is 5.39. The highest BCUT2D eigenvalue weighted by molar-refractivity contribution is 7.98. The Morgan fingerprint density at radius 2 is 2.12 bits per heavy atom. The summed E-state index contributed by atoms with van der Waals surface area (Å²) < 4.78 is 14.7. The number of nitrogens with one attached hydrogen (secondary N) is 1. The number of thiophene rings is 1. The molecule has 0 radical (unpaired) electrons. The molecule has 0 amide bonds. The fourth-order valence-electron chi connectivity index (χ4n) is 3.40. The lowest BCUT2D eigenvalue weighted by Gasteiger charge is -2.22. The van der Waals surface area contributed by atoms with E-state index in [1.54, 1.807) is 40.0 Å². The van der Waals surface area contributed by atoms with Crippen LogP contribution in [0.3, 0.4) is 0 Å². The summed E-state index contributed by atoms with van der Waals surface area (Å²) in [5.74, 6) is 0.420. The SMILES string of the molecule is CC[NH+]1CCc2c(sc3nc(SCc4ccc(F)cc4)n(C)c(=O)c23)C1. The number of thioether (sulfide) groups is 1. The molecule has 1 unspecified atom stereocenters. The van der Waals surface area contributed by atoms with Gasteiger partial charge in [0.05, 0.1) is 23.4 Å². The van der Waals surface area contributed by atoms with Crippen molar-refractivity contribution in [1.82, 2.24) is 9.55 Å². The zero-order valence-corrected chi connectivity index (χ0v) is 16.5. The molecule has 1 aliphatic rings. The van der Waals surface area contributed by atoms with Crippen molar-refractivity contribution < 1.29 is 9.29 Å². The Morgan fingerprint density at radius 3 is 2.85 bits per heavy atom. The number of benzene rings is 1. The summed E-state index contributed by atoms with van der Waals surface area (Å²) in [7, 11) is 1.79. The first-order valence-electron chi connectivity index (χ1n) is 8.79. The maximum atomic E-state index is 13.0. The van der Waals surface area contributed by atoms with Crippen molar-refractivity contribution in [3.05, 3.63) is 56.4 Å². The molecule has 0 spiro atoms. The molecule has 136 valence electrons. The van der Waals surface area contributed by atoms with Gasteiger partial charge in [0.15, 0.2) is 5.16 Å². The molecule has 4 rings (SSSR count). The summed E-state index contributed by atoms with van der Waals surface area (Å²) in [4.78, 5) is 21.5. The number of likely N-dealkylation sites (N-methyl/N-ethyl adjacent to an activating group) is 1. The number of nitrogens with zero attached hydrogens (tertiary/aromatic N) is 2. The molecule has 0 aliphatic carbocycles. The molecule has 1 N–H and O–H groups in total. The van der Waals surface area contributed by atoms with Crippen LogP contribution in [-0.2, 0) is 25.8 Å². The van der Waals surface area contributed by atoms with Crippen LogP contribution < -0.4 is 10.5 Å². The number of rotatable bonds is 4. The molecular weight excluding hydrogens is 369 g/mol. The van der Waals surface area contributed by atoms with Crippen LogP contribution in [-0.4, -0.2) is 22.6 Å². The van der Waals surface area contributed by atoms with Gasteiger partial charge >= 0.3 is 0 Å². The highest BCUT2D eigenvalue weighted by Crippen LogP contribution is 2.31. The lowest BCUT2D eigenvalue weighted by atomic mass is 10.1. The van der Waals surface area contributed by atoms with Gasteiger partial charge in [0.2, 0.25) is 0 Å². The third-order valence-corrected chi connectivity index (χ3v) is 7.22. The maximum absolute atomic E-state index is 13.0. The van der Waals surface area contributed by atoms with E-state index in [0.29, 0.717) is 10.9 Å². The van der Waals surface area contributed by atoms with Crippen molar-refractivity contribution in [3.63, 3.8) is 0 Å². The number of fused-ring (bicyclic) bond motifs is 3. The second-order valence-electron chi connectivity index (χ2n) is 6.64. The normalized spacial score (nSPS) is 16.8. The van der Waals surface area contributed by atoms with E-state index in [2.05, 4.69) is 6.92 Å². The van der Waals surface area contributed by atoms with Crippen molar-refractivity contribution in [3.8, 4) is 0 Å². The lowest BCUT2D eigenvalue weighted by Crippen LogP contribution is -3.11. The predicted molar refractivity (Wildman–Crippen MR) is 105 cm³/mol. The van der Waals surface area contributed by atoms with E-state index in [9.17, 15) is 9.18 Å². The molecule has 26 heavy (non-hydrogen) atoms. The second-order valence-corrected chi connectivity index (χ2v) is 8.66. The first-order chi connectivity index (χ1) is 12.6. The summed E-state index contributed by atoms with van der Waals surface area (Å²) in [5, 5.41) is 1.53. The van der Waals surface area contributed by atoms with Gasteiger partial charge in [-0.1, -0.05) is 23.9 Å². The third-order valence-electron chi connectivity index (χ3n) is 5.00. The first kappa shape index (κ1) is 17.7. The number of hydrogen-bond acceptors (Lipinski definition) is 4. The first-order valence-corrected chi connectivity index (χ1v) is 10.6.